The molecule has 7 heteroatoms. The summed E-state index contributed by atoms with van der Waals surface area (Å²) in [4.78, 5) is 12.2. The molecule has 0 saturated carbocycles. The minimum absolute atomic E-state index is 0.200. The van der Waals surface area contributed by atoms with Crippen LogP contribution in [0.25, 0.3) is 5.65 Å². The zero-order valence-corrected chi connectivity index (χ0v) is 13.4. The van der Waals surface area contributed by atoms with Gasteiger partial charge in [0.05, 0.1) is 12.7 Å². The topological polar surface area (TPSA) is 94.5 Å². The van der Waals surface area contributed by atoms with Crippen LogP contribution in [-0.4, -0.2) is 40.7 Å². The Hall–Kier alpha value is -2.93. The van der Waals surface area contributed by atoms with E-state index in [1.54, 1.807) is 13.2 Å². The molecule has 24 heavy (non-hydrogen) atoms. The first-order valence-corrected chi connectivity index (χ1v) is 7.66. The van der Waals surface area contributed by atoms with Crippen molar-refractivity contribution in [2.75, 3.05) is 20.2 Å². The van der Waals surface area contributed by atoms with Gasteiger partial charge in [-0.05, 0) is 29.8 Å². The van der Waals surface area contributed by atoms with E-state index in [1.807, 2.05) is 40.9 Å². The van der Waals surface area contributed by atoms with Crippen molar-refractivity contribution in [1.29, 1.82) is 0 Å². The van der Waals surface area contributed by atoms with Crippen LogP contribution in [0.15, 0.2) is 42.6 Å². The van der Waals surface area contributed by atoms with Crippen molar-refractivity contribution in [2.45, 2.75) is 6.42 Å². The zero-order valence-electron chi connectivity index (χ0n) is 13.4. The Morgan fingerprint density at radius 2 is 2.04 bits per heavy atom. The average molecular weight is 325 g/mol. The van der Waals surface area contributed by atoms with Gasteiger partial charge in [0.15, 0.2) is 5.65 Å². The Morgan fingerprint density at radius 1 is 1.25 bits per heavy atom. The van der Waals surface area contributed by atoms with E-state index in [1.165, 1.54) is 0 Å². The number of amides is 1. The van der Waals surface area contributed by atoms with Gasteiger partial charge in [0.25, 0.3) is 5.91 Å². The van der Waals surface area contributed by atoms with Crippen molar-refractivity contribution in [3.05, 3.63) is 59.5 Å². The standard InChI is InChI=1S/C17H19N5O2/c1-24-13-6-4-12(5-7-13)11-15-20-21-16-14(3-2-10-22(15)16)17(23)19-9-8-18/h2-7,10H,8-9,11,18H2,1H3,(H,19,23). The summed E-state index contributed by atoms with van der Waals surface area (Å²) in [6.07, 6.45) is 2.47. The number of ether oxygens (including phenoxy) is 1. The highest BCUT2D eigenvalue weighted by Gasteiger charge is 2.14. The quantitative estimate of drug-likeness (QED) is 0.705. The number of nitrogens with zero attached hydrogens (tertiary/aromatic N) is 3. The lowest BCUT2D eigenvalue weighted by atomic mass is 10.1. The van der Waals surface area contributed by atoms with Gasteiger partial charge in [0.2, 0.25) is 0 Å². The highest BCUT2D eigenvalue weighted by atomic mass is 16.5. The lowest BCUT2D eigenvalue weighted by molar-refractivity contribution is 0.0956. The molecule has 0 aliphatic rings. The molecule has 7 nitrogen and oxygen atoms in total. The fourth-order valence-corrected chi connectivity index (χ4v) is 2.47. The largest absolute Gasteiger partial charge is 0.497 e. The summed E-state index contributed by atoms with van der Waals surface area (Å²) in [5.41, 5.74) is 7.53. The third-order valence-electron chi connectivity index (χ3n) is 3.70. The summed E-state index contributed by atoms with van der Waals surface area (Å²) in [6.45, 7) is 0.816. The van der Waals surface area contributed by atoms with Crippen LogP contribution < -0.4 is 15.8 Å². The van der Waals surface area contributed by atoms with Gasteiger partial charge in [-0.2, -0.15) is 0 Å². The van der Waals surface area contributed by atoms with E-state index in [-0.39, 0.29) is 5.91 Å². The minimum Gasteiger partial charge on any atom is -0.497 e. The monoisotopic (exact) mass is 325 g/mol. The summed E-state index contributed by atoms with van der Waals surface area (Å²) < 4.78 is 7.00. The van der Waals surface area contributed by atoms with Gasteiger partial charge in [0.1, 0.15) is 11.6 Å². The number of hydrogen-bond acceptors (Lipinski definition) is 5. The van der Waals surface area contributed by atoms with Gasteiger partial charge in [-0.25, -0.2) is 0 Å². The Bertz CT molecular complexity index is 842. The molecule has 3 aromatic rings. The van der Waals surface area contributed by atoms with E-state index in [4.69, 9.17) is 10.5 Å². The molecular weight excluding hydrogens is 306 g/mol. The molecule has 2 heterocycles. The molecule has 0 fully saturated rings. The van der Waals surface area contributed by atoms with Gasteiger partial charge in [0, 0.05) is 25.7 Å². The summed E-state index contributed by atoms with van der Waals surface area (Å²) >= 11 is 0. The van der Waals surface area contributed by atoms with Crippen LogP contribution in [0, 0.1) is 0 Å². The lowest BCUT2D eigenvalue weighted by Gasteiger charge is -2.06. The first kappa shape index (κ1) is 15.9. The van der Waals surface area contributed by atoms with Gasteiger partial charge in [-0.3, -0.25) is 9.20 Å². The predicted octanol–water partition coefficient (Wildman–Crippen LogP) is 1.02. The molecule has 0 spiro atoms. The number of nitrogens with one attached hydrogen (secondary N) is 1. The second-order valence-corrected chi connectivity index (χ2v) is 5.30. The number of carbonyl (C=O) groups is 1. The number of methoxy groups -OCH3 is 1. The summed E-state index contributed by atoms with van der Waals surface area (Å²) in [7, 11) is 1.64. The number of benzene rings is 1. The molecule has 1 amide bonds. The van der Waals surface area contributed by atoms with E-state index in [9.17, 15) is 4.79 Å². The minimum atomic E-state index is -0.200. The van der Waals surface area contributed by atoms with E-state index in [0.29, 0.717) is 30.7 Å². The predicted molar refractivity (Wildman–Crippen MR) is 90.2 cm³/mol. The fourth-order valence-electron chi connectivity index (χ4n) is 2.47. The molecule has 124 valence electrons. The molecule has 0 aliphatic carbocycles. The second-order valence-electron chi connectivity index (χ2n) is 5.30. The average Bonchev–Trinajstić information content (AvgIpc) is 3.03. The lowest BCUT2D eigenvalue weighted by Crippen LogP contribution is -2.29. The second kappa shape index (κ2) is 7.10. The summed E-state index contributed by atoms with van der Waals surface area (Å²) in [5.74, 6) is 1.38. The molecule has 1 aromatic carbocycles. The number of hydrogen-bond donors (Lipinski definition) is 2. The molecule has 0 radical (unpaired) electrons. The molecule has 0 saturated heterocycles. The number of nitrogens with two attached hydrogens (primary N) is 1. The maximum atomic E-state index is 12.2. The maximum Gasteiger partial charge on any atom is 0.255 e. The van der Waals surface area contributed by atoms with Crippen LogP contribution in [0.2, 0.25) is 0 Å². The third-order valence-corrected chi connectivity index (χ3v) is 3.70. The first-order chi connectivity index (χ1) is 11.7. The smallest absolute Gasteiger partial charge is 0.255 e. The molecule has 0 bridgehead atoms. The number of carbonyl (C=O) groups excluding carboxylic acids is 1. The van der Waals surface area contributed by atoms with E-state index in [0.717, 1.165) is 17.1 Å². The van der Waals surface area contributed by atoms with Gasteiger partial charge >= 0.3 is 0 Å². The zero-order chi connectivity index (χ0) is 16.9. The van der Waals surface area contributed by atoms with Crippen LogP contribution in [-0.2, 0) is 6.42 Å². The van der Waals surface area contributed by atoms with Crippen molar-refractivity contribution < 1.29 is 9.53 Å². The van der Waals surface area contributed by atoms with E-state index in [2.05, 4.69) is 15.5 Å². The van der Waals surface area contributed by atoms with Crippen molar-refractivity contribution in [3.63, 3.8) is 0 Å². The fraction of sp³-hybridized carbons (Fsp3) is 0.235. The van der Waals surface area contributed by atoms with E-state index < -0.39 is 0 Å². The summed E-state index contributed by atoms with van der Waals surface area (Å²) in [6, 6.07) is 11.3. The van der Waals surface area contributed by atoms with E-state index >= 15 is 0 Å². The van der Waals surface area contributed by atoms with Crippen LogP contribution in [0.1, 0.15) is 21.7 Å². The van der Waals surface area contributed by atoms with Crippen LogP contribution in [0.5, 0.6) is 5.75 Å². The van der Waals surface area contributed by atoms with Crippen LogP contribution in [0.3, 0.4) is 0 Å². The maximum absolute atomic E-state index is 12.2. The van der Waals surface area contributed by atoms with Crippen LogP contribution >= 0.6 is 0 Å². The highest BCUT2D eigenvalue weighted by Crippen LogP contribution is 2.16. The third kappa shape index (κ3) is 3.21. The first-order valence-electron chi connectivity index (χ1n) is 7.66. The number of fused-ring (bicyclic) bond motifs is 1. The SMILES string of the molecule is COc1ccc(Cc2nnc3c(C(=O)NCCN)cccn23)cc1. The Morgan fingerprint density at radius 3 is 2.75 bits per heavy atom. The Balaban J connectivity index is 1.88. The van der Waals surface area contributed by atoms with Gasteiger partial charge in [-0.15, -0.1) is 10.2 Å². The molecule has 3 rings (SSSR count). The normalized spacial score (nSPS) is 10.8. The molecule has 2 aromatic heterocycles. The molecule has 0 unspecified atom stereocenters. The van der Waals surface area contributed by atoms with Crippen LogP contribution in [0.4, 0.5) is 0 Å². The van der Waals surface area contributed by atoms with Crippen molar-refractivity contribution in [1.82, 2.24) is 19.9 Å². The number of rotatable bonds is 6. The molecular formula is C17H19N5O2. The van der Waals surface area contributed by atoms with Gasteiger partial charge < -0.3 is 15.8 Å². The Kier molecular flexibility index (Phi) is 4.72. The molecule has 0 aliphatic heterocycles. The van der Waals surface area contributed by atoms with Crippen molar-refractivity contribution in [2.24, 2.45) is 5.73 Å². The summed E-state index contributed by atoms with van der Waals surface area (Å²) in [5, 5.41) is 11.2. The molecule has 0 atom stereocenters. The van der Waals surface area contributed by atoms with Crippen molar-refractivity contribution in [3.8, 4) is 5.75 Å². The number of aromatic nitrogens is 3. The van der Waals surface area contributed by atoms with Crippen molar-refractivity contribution >= 4 is 11.6 Å². The number of pyridine rings is 1. The van der Waals surface area contributed by atoms with Gasteiger partial charge in [-0.1, -0.05) is 12.1 Å². The molecule has 3 N–H and O–H groups in total. The highest BCUT2D eigenvalue weighted by molar-refractivity contribution is 5.99. The Labute approximate surface area is 139 Å².